The first-order chi connectivity index (χ1) is 17.1. The molecule has 0 bridgehead atoms. The summed E-state index contributed by atoms with van der Waals surface area (Å²) in [6.45, 7) is -0.0154. The Morgan fingerprint density at radius 3 is 2.64 bits per heavy atom. The van der Waals surface area contributed by atoms with E-state index in [0.29, 0.717) is 14.4 Å². The van der Waals surface area contributed by atoms with Crippen LogP contribution < -0.4 is 11.1 Å². The topological polar surface area (TPSA) is 189 Å². The highest BCUT2D eigenvalue weighted by Crippen LogP contribution is 2.45. The molecule has 18 heteroatoms. The van der Waals surface area contributed by atoms with Crippen LogP contribution in [0.1, 0.15) is 5.69 Å². The lowest BCUT2D eigenvalue weighted by Crippen LogP contribution is -2.74. The number of nitrogens with two attached hydrogens (primary N) is 1. The second-order valence-corrected chi connectivity index (χ2v) is 13.2. The van der Waals surface area contributed by atoms with E-state index < -0.39 is 34.7 Å². The number of carboxylic acid groups (broad SMARTS) is 2. The minimum atomic E-state index is -1.23. The van der Waals surface area contributed by atoms with Crippen LogP contribution in [0.2, 0.25) is 0 Å². The number of halogens is 1. The van der Waals surface area contributed by atoms with Crippen LogP contribution in [0.15, 0.2) is 19.6 Å². The first kappa shape index (κ1) is 27.0. The van der Waals surface area contributed by atoms with Crippen molar-refractivity contribution in [2.45, 2.75) is 20.1 Å². The van der Waals surface area contributed by atoms with Crippen molar-refractivity contribution in [3.8, 4) is 0 Å². The summed E-state index contributed by atoms with van der Waals surface area (Å²) in [5, 5.41) is 30.8. The summed E-state index contributed by atoms with van der Waals surface area (Å²) in [6, 6.07) is -0.818. The van der Waals surface area contributed by atoms with Crippen molar-refractivity contribution in [1.29, 1.82) is 0 Å². The van der Waals surface area contributed by atoms with E-state index in [9.17, 15) is 24.3 Å². The van der Waals surface area contributed by atoms with Crippen molar-refractivity contribution in [3.05, 3.63) is 16.6 Å². The molecule has 0 aromatic carbocycles. The highest BCUT2D eigenvalue weighted by molar-refractivity contribution is 8.03. The number of anilines is 1. The molecule has 2 aromatic heterocycles. The van der Waals surface area contributed by atoms with Gasteiger partial charge in [0.1, 0.15) is 16.8 Å². The zero-order valence-corrected chi connectivity index (χ0v) is 22.8. The summed E-state index contributed by atoms with van der Waals surface area (Å²) in [5.41, 5.74) is 5.84. The van der Waals surface area contributed by atoms with Gasteiger partial charge in [-0.1, -0.05) is 46.5 Å². The second kappa shape index (κ2) is 11.1. The lowest BCUT2D eigenvalue weighted by atomic mass is 9.89. The number of hydrogen-bond donors (Lipinski definition) is 4. The average molecular weight is 609 g/mol. The maximum Gasteiger partial charge on any atom is 0.313 e. The fourth-order valence-corrected chi connectivity index (χ4v) is 8.77. The molecule has 2 fully saturated rings. The number of nitrogen functional groups attached to an aromatic ring is 1. The number of thiazole rings is 1. The number of thioether (sulfide) groups is 3. The molecule has 2 amide bonds. The largest absolute Gasteiger partial charge is 0.481 e. The quantitative estimate of drug-likeness (QED) is 0.173. The summed E-state index contributed by atoms with van der Waals surface area (Å²) < 4.78 is 0.989. The number of fused-ring (bicyclic) bond motifs is 1. The molecule has 0 radical (unpaired) electrons. The van der Waals surface area contributed by atoms with E-state index in [4.69, 9.17) is 22.4 Å². The number of aromatic nitrogens is 3. The van der Waals surface area contributed by atoms with Crippen molar-refractivity contribution in [1.82, 2.24) is 25.4 Å². The molecule has 0 spiro atoms. The molecule has 0 saturated carbocycles. The van der Waals surface area contributed by atoms with Crippen LogP contribution in [-0.4, -0.2) is 89.3 Å². The van der Waals surface area contributed by atoms with Crippen molar-refractivity contribution < 1.29 is 29.4 Å². The third kappa shape index (κ3) is 5.60. The highest BCUT2D eigenvalue weighted by Gasteiger charge is 2.57. The molecule has 2 aliphatic heterocycles. The number of β-lactam (4-membered cyclic amide) rings is 1. The molecule has 2 aliphatic rings. The zero-order valence-electron chi connectivity index (χ0n) is 18.0. The molecule has 2 saturated heterocycles. The molecule has 2 unspecified atom stereocenters. The Balaban J connectivity index is 1.37. The van der Waals surface area contributed by atoms with Crippen molar-refractivity contribution in [2.24, 2.45) is 5.41 Å². The van der Waals surface area contributed by atoms with Crippen LogP contribution in [0.4, 0.5) is 5.13 Å². The Morgan fingerprint density at radius 1 is 1.31 bits per heavy atom. The molecule has 5 N–H and O–H groups in total. The summed E-state index contributed by atoms with van der Waals surface area (Å²) in [4.78, 5) is 54.0. The predicted molar refractivity (Wildman–Crippen MR) is 139 cm³/mol. The Morgan fingerprint density at radius 2 is 2.03 bits per heavy atom. The number of nitrogens with zero attached hydrogens (tertiary/aromatic N) is 4. The van der Waals surface area contributed by atoms with Gasteiger partial charge in [-0.05, 0) is 0 Å². The number of carboxylic acids is 2. The zero-order chi connectivity index (χ0) is 26.0. The SMILES string of the molecule is Nc1nc(C(=CCl)C(=O)NC2C(=O)N3CC(CSc4nnc(SCC(=O)O)s4)(C(=O)O)CS[C@H]23)cs1. The van der Waals surface area contributed by atoms with Crippen LogP contribution >= 0.6 is 69.6 Å². The maximum atomic E-state index is 12.8. The summed E-state index contributed by atoms with van der Waals surface area (Å²) in [5.74, 6) is -2.76. The molecule has 192 valence electrons. The van der Waals surface area contributed by atoms with E-state index in [-0.39, 0.29) is 40.4 Å². The lowest BCUT2D eigenvalue weighted by molar-refractivity contribution is -0.157. The van der Waals surface area contributed by atoms with Gasteiger partial charge in [-0.25, -0.2) is 4.98 Å². The van der Waals surface area contributed by atoms with Gasteiger partial charge in [0.2, 0.25) is 5.91 Å². The second-order valence-electron chi connectivity index (χ2n) is 7.60. The van der Waals surface area contributed by atoms with Gasteiger partial charge in [-0.3, -0.25) is 19.2 Å². The van der Waals surface area contributed by atoms with Gasteiger partial charge in [-0.2, -0.15) is 0 Å². The molecular weight excluding hydrogens is 592 g/mol. The number of hydrogen-bond acceptors (Lipinski definition) is 13. The number of aliphatic carboxylic acids is 2. The lowest BCUT2D eigenvalue weighted by Gasteiger charge is -2.53. The fourth-order valence-electron chi connectivity index (χ4n) is 3.40. The minimum absolute atomic E-state index is 0.0154. The summed E-state index contributed by atoms with van der Waals surface area (Å²) in [7, 11) is 0. The normalized spacial score (nSPS) is 23.6. The van der Waals surface area contributed by atoms with Crippen molar-refractivity contribution in [2.75, 3.05) is 29.5 Å². The third-order valence-electron chi connectivity index (χ3n) is 5.22. The Labute approximate surface area is 229 Å². The third-order valence-corrected chi connectivity index (χ3v) is 11.2. The van der Waals surface area contributed by atoms with E-state index in [0.717, 1.165) is 28.6 Å². The first-order valence-corrected chi connectivity index (χ1v) is 15.1. The standard InChI is InChI=1S/C18H17ClN6O6S5/c19-1-7(8-2-32-15(20)21-8)11(28)22-10-12(29)25-4-18(14(30)31,5-34-13(10)25)6-35-17-24-23-16(36-17)33-3-9(26)27/h1-2,10,13H,3-6H2,(H2,20,21)(H,22,28)(H,26,27)(H,30,31)/t10?,13-,18?/m1/s1. The van der Waals surface area contributed by atoms with Gasteiger partial charge in [0, 0.05) is 29.0 Å². The van der Waals surface area contributed by atoms with Gasteiger partial charge in [0.15, 0.2) is 13.8 Å². The Kier molecular flexibility index (Phi) is 8.35. The smallest absolute Gasteiger partial charge is 0.313 e. The number of nitrogens with one attached hydrogen (secondary N) is 1. The fraction of sp³-hybridized carbons (Fsp3) is 0.389. The molecular formula is C18H17ClN6O6S5. The van der Waals surface area contributed by atoms with E-state index in [2.05, 4.69) is 20.5 Å². The summed E-state index contributed by atoms with van der Waals surface area (Å²) >= 11 is 11.7. The van der Waals surface area contributed by atoms with Crippen LogP contribution in [0.25, 0.3) is 5.57 Å². The van der Waals surface area contributed by atoms with Gasteiger partial charge < -0.3 is 26.2 Å². The van der Waals surface area contributed by atoms with Gasteiger partial charge in [0.05, 0.1) is 17.0 Å². The minimum Gasteiger partial charge on any atom is -0.481 e. The van der Waals surface area contributed by atoms with Crippen LogP contribution in [0, 0.1) is 5.41 Å². The van der Waals surface area contributed by atoms with E-state index in [1.165, 1.54) is 39.8 Å². The highest BCUT2D eigenvalue weighted by atomic mass is 35.5. The molecule has 2 aromatic rings. The molecule has 4 heterocycles. The Hall–Kier alpha value is -2.05. The molecule has 3 atom stereocenters. The number of carbonyl (C=O) groups is 4. The van der Waals surface area contributed by atoms with Gasteiger partial charge in [0.25, 0.3) is 5.91 Å². The molecule has 0 aliphatic carbocycles. The van der Waals surface area contributed by atoms with Crippen LogP contribution in [0.5, 0.6) is 0 Å². The van der Waals surface area contributed by atoms with Crippen molar-refractivity contribution in [3.63, 3.8) is 0 Å². The van der Waals surface area contributed by atoms with E-state index in [1.54, 1.807) is 5.38 Å². The first-order valence-electron chi connectivity index (χ1n) is 9.92. The maximum absolute atomic E-state index is 12.8. The monoisotopic (exact) mass is 608 g/mol. The van der Waals surface area contributed by atoms with Gasteiger partial charge in [-0.15, -0.1) is 33.3 Å². The predicted octanol–water partition coefficient (Wildman–Crippen LogP) is 1.60. The average Bonchev–Trinajstić information content (AvgIpc) is 3.49. The molecule has 36 heavy (non-hydrogen) atoms. The van der Waals surface area contributed by atoms with Crippen LogP contribution in [0.3, 0.4) is 0 Å². The van der Waals surface area contributed by atoms with E-state index >= 15 is 0 Å². The molecule has 12 nitrogen and oxygen atoms in total. The number of amides is 2. The van der Waals surface area contributed by atoms with Crippen LogP contribution in [-0.2, 0) is 19.2 Å². The van der Waals surface area contributed by atoms with Crippen molar-refractivity contribution >= 4 is 104 Å². The molecule has 4 rings (SSSR count). The number of rotatable bonds is 10. The number of carbonyl (C=O) groups excluding carboxylic acids is 2. The van der Waals surface area contributed by atoms with Gasteiger partial charge >= 0.3 is 11.9 Å². The summed E-state index contributed by atoms with van der Waals surface area (Å²) in [6.07, 6.45) is 0. The Bertz CT molecular complexity index is 1240. The van der Waals surface area contributed by atoms with E-state index in [1.807, 2.05) is 0 Å².